The number of H-pyrrole nitrogens is 1. The molecule has 0 aliphatic rings. The van der Waals surface area contributed by atoms with Crippen LogP contribution in [0.25, 0.3) is 5.52 Å². The van der Waals surface area contributed by atoms with E-state index >= 15 is 0 Å². The van der Waals surface area contributed by atoms with Crippen molar-refractivity contribution < 1.29 is 0 Å². The monoisotopic (exact) mass is 244 g/mol. The van der Waals surface area contributed by atoms with Crippen molar-refractivity contribution in [3.8, 4) is 0 Å². The number of hydrogen-bond donors (Lipinski definition) is 2. The summed E-state index contributed by atoms with van der Waals surface area (Å²) < 4.78 is 3.13. The fourth-order valence-corrected chi connectivity index (χ4v) is 2.01. The summed E-state index contributed by atoms with van der Waals surface area (Å²) in [5, 5.41) is 0. The maximum atomic E-state index is 5.64. The number of aromatic nitrogens is 3. The number of fused-ring (bicyclic) bond motifs is 1. The average molecular weight is 245 g/mol. The fourth-order valence-electron chi connectivity index (χ4n) is 1.04. The summed E-state index contributed by atoms with van der Waals surface area (Å²) in [6.45, 7) is 0. The lowest BCUT2D eigenvalue weighted by atomic mass is 10.5. The second-order valence-corrected chi connectivity index (χ2v) is 3.45. The molecule has 2 heterocycles. The molecule has 2 aromatic rings. The van der Waals surface area contributed by atoms with E-state index in [0.29, 0.717) is 10.6 Å². The minimum absolute atomic E-state index is 0.455. The van der Waals surface area contributed by atoms with E-state index in [0.717, 1.165) is 10.1 Å². The Hall–Kier alpha value is -0.880. The van der Waals surface area contributed by atoms with Gasteiger partial charge < -0.3 is 10.7 Å². The van der Waals surface area contributed by atoms with Crippen LogP contribution in [0.5, 0.6) is 0 Å². The number of imidazole rings is 1. The summed E-state index contributed by atoms with van der Waals surface area (Å²) >= 11 is 8.33. The third-order valence-electron chi connectivity index (χ3n) is 1.56. The van der Waals surface area contributed by atoms with Crippen molar-refractivity contribution in [2.45, 2.75) is 0 Å². The van der Waals surface area contributed by atoms with Gasteiger partial charge >= 0.3 is 0 Å². The van der Waals surface area contributed by atoms with Gasteiger partial charge in [0.2, 0.25) is 0 Å². The normalized spacial score (nSPS) is 10.8. The van der Waals surface area contributed by atoms with Crippen molar-refractivity contribution in [2.24, 2.45) is 0 Å². The quantitative estimate of drug-likeness (QED) is 0.695. The van der Waals surface area contributed by atoms with E-state index in [2.05, 4.69) is 25.9 Å². The Labute approximate surface area is 81.6 Å². The van der Waals surface area contributed by atoms with Gasteiger partial charge in [-0.25, -0.2) is 4.98 Å². The van der Waals surface area contributed by atoms with Crippen molar-refractivity contribution in [3.05, 3.63) is 21.8 Å². The summed E-state index contributed by atoms with van der Waals surface area (Å²) in [6.07, 6.45) is 3.37. The average Bonchev–Trinajstić information content (AvgIpc) is 2.29. The number of rotatable bonds is 0. The number of hydrogen-bond acceptors (Lipinski definition) is 3. The van der Waals surface area contributed by atoms with Crippen molar-refractivity contribution >= 4 is 39.5 Å². The molecule has 0 unspecified atom stereocenters. The summed E-state index contributed by atoms with van der Waals surface area (Å²) in [6, 6.07) is 0. The third kappa shape index (κ3) is 0.953. The number of nitrogens with zero attached hydrogens (tertiary/aromatic N) is 2. The van der Waals surface area contributed by atoms with Crippen LogP contribution in [0.15, 0.2) is 17.0 Å². The first-order valence-electron chi connectivity index (χ1n) is 3.20. The van der Waals surface area contributed by atoms with Crippen LogP contribution in [0, 0.1) is 4.77 Å². The van der Waals surface area contributed by atoms with Crippen molar-refractivity contribution in [2.75, 3.05) is 5.73 Å². The first-order valence-corrected chi connectivity index (χ1v) is 4.40. The molecule has 4 nitrogen and oxygen atoms in total. The van der Waals surface area contributed by atoms with Gasteiger partial charge in [-0.2, -0.15) is 0 Å². The molecule has 0 fully saturated rings. The summed E-state index contributed by atoms with van der Waals surface area (Å²) in [7, 11) is 0. The van der Waals surface area contributed by atoms with Crippen molar-refractivity contribution in [1.29, 1.82) is 0 Å². The van der Waals surface area contributed by atoms with Crippen LogP contribution in [0.4, 0.5) is 5.82 Å². The van der Waals surface area contributed by atoms with Gasteiger partial charge in [0.25, 0.3) is 0 Å². The molecule has 2 rings (SSSR count). The van der Waals surface area contributed by atoms with Gasteiger partial charge in [-0.15, -0.1) is 0 Å². The second kappa shape index (κ2) is 2.56. The Morgan fingerprint density at radius 2 is 2.42 bits per heavy atom. The van der Waals surface area contributed by atoms with Gasteiger partial charge in [0.1, 0.15) is 10.1 Å². The van der Waals surface area contributed by atoms with E-state index in [1.807, 2.05) is 0 Å². The molecule has 0 amide bonds. The van der Waals surface area contributed by atoms with Gasteiger partial charge in [-0.3, -0.25) is 4.40 Å². The molecule has 0 radical (unpaired) electrons. The molecule has 0 saturated carbocycles. The Morgan fingerprint density at radius 1 is 1.67 bits per heavy atom. The lowest BCUT2D eigenvalue weighted by Gasteiger charge is -1.95. The summed E-state index contributed by atoms with van der Waals surface area (Å²) in [5.74, 6) is 0.455. The van der Waals surface area contributed by atoms with E-state index in [1.165, 1.54) is 0 Å². The standard InChI is InChI=1S/C6H5BrN4S/c7-4-3-5(8)9-1-2-11(3)6(12)10-4/h1-2H,(H2,8,9)(H,10,12). The highest BCUT2D eigenvalue weighted by Gasteiger charge is 2.05. The van der Waals surface area contributed by atoms with E-state index in [9.17, 15) is 0 Å². The maximum absolute atomic E-state index is 5.64. The Kier molecular flexibility index (Phi) is 1.66. The number of nitrogens with one attached hydrogen (secondary N) is 1. The van der Waals surface area contributed by atoms with Crippen LogP contribution in [-0.4, -0.2) is 14.4 Å². The van der Waals surface area contributed by atoms with E-state index < -0.39 is 0 Å². The van der Waals surface area contributed by atoms with Crippen LogP contribution < -0.4 is 5.73 Å². The highest BCUT2D eigenvalue weighted by atomic mass is 79.9. The van der Waals surface area contributed by atoms with Gasteiger partial charge in [0, 0.05) is 12.4 Å². The molecule has 0 aliphatic carbocycles. The molecular formula is C6H5BrN4S. The lowest BCUT2D eigenvalue weighted by Crippen LogP contribution is -1.94. The van der Waals surface area contributed by atoms with Crippen LogP contribution in [0.2, 0.25) is 0 Å². The third-order valence-corrected chi connectivity index (χ3v) is 2.43. The molecule has 0 saturated heterocycles. The van der Waals surface area contributed by atoms with Gasteiger partial charge in [-0.05, 0) is 28.1 Å². The molecule has 12 heavy (non-hydrogen) atoms. The molecule has 6 heteroatoms. The highest BCUT2D eigenvalue weighted by molar-refractivity contribution is 9.10. The van der Waals surface area contributed by atoms with Crippen LogP contribution >= 0.6 is 28.1 Å². The zero-order valence-corrected chi connectivity index (χ0v) is 8.32. The number of halogens is 1. The van der Waals surface area contributed by atoms with Crippen LogP contribution in [-0.2, 0) is 0 Å². The number of nitrogen functional groups attached to an aromatic ring is 1. The SMILES string of the molecule is Nc1nccn2c(=S)[nH]c(Br)c12. The van der Waals surface area contributed by atoms with E-state index in [1.54, 1.807) is 16.8 Å². The maximum Gasteiger partial charge on any atom is 0.182 e. The van der Waals surface area contributed by atoms with Crippen molar-refractivity contribution in [3.63, 3.8) is 0 Å². The lowest BCUT2D eigenvalue weighted by molar-refractivity contribution is 1.09. The molecule has 2 aromatic heterocycles. The minimum atomic E-state index is 0.455. The molecule has 0 aromatic carbocycles. The minimum Gasteiger partial charge on any atom is -0.382 e. The largest absolute Gasteiger partial charge is 0.382 e. The topological polar surface area (TPSA) is 59.1 Å². The van der Waals surface area contributed by atoms with Gasteiger partial charge in [0.05, 0.1) is 0 Å². The zero-order valence-electron chi connectivity index (χ0n) is 5.91. The van der Waals surface area contributed by atoms with Gasteiger partial charge in [0.15, 0.2) is 10.6 Å². The Bertz CT molecular complexity index is 486. The Balaban J connectivity index is 3.09. The van der Waals surface area contributed by atoms with E-state index in [-0.39, 0.29) is 0 Å². The first kappa shape index (κ1) is 7.75. The number of nitrogens with two attached hydrogens (primary N) is 1. The molecule has 0 spiro atoms. The van der Waals surface area contributed by atoms with Crippen LogP contribution in [0.1, 0.15) is 0 Å². The zero-order chi connectivity index (χ0) is 8.72. The molecule has 62 valence electrons. The molecular weight excluding hydrogens is 240 g/mol. The number of aromatic amines is 1. The molecule has 0 atom stereocenters. The first-order chi connectivity index (χ1) is 5.70. The van der Waals surface area contributed by atoms with E-state index in [4.69, 9.17) is 18.0 Å². The predicted octanol–water partition coefficient (Wildman–Crippen LogP) is 1.74. The fraction of sp³-hybridized carbons (Fsp3) is 0. The Morgan fingerprint density at radius 3 is 3.08 bits per heavy atom. The predicted molar refractivity (Wildman–Crippen MR) is 52.5 cm³/mol. The highest BCUT2D eigenvalue weighted by Crippen LogP contribution is 2.20. The van der Waals surface area contributed by atoms with Gasteiger partial charge in [-0.1, -0.05) is 0 Å². The summed E-state index contributed by atoms with van der Waals surface area (Å²) in [5.41, 5.74) is 6.42. The molecule has 0 aliphatic heterocycles. The van der Waals surface area contributed by atoms with Crippen LogP contribution in [0.3, 0.4) is 0 Å². The van der Waals surface area contributed by atoms with Crippen molar-refractivity contribution in [1.82, 2.24) is 14.4 Å². The smallest absolute Gasteiger partial charge is 0.182 e. The molecule has 3 N–H and O–H groups in total. The summed E-state index contributed by atoms with van der Waals surface area (Å²) in [4.78, 5) is 6.87. The molecule has 0 bridgehead atoms. The number of anilines is 1. The second-order valence-electron chi connectivity index (χ2n) is 2.28.